The zero-order chi connectivity index (χ0) is 7.40. The fourth-order valence-electron chi connectivity index (χ4n) is 0.580. The summed E-state index contributed by atoms with van der Waals surface area (Å²) in [4.78, 5) is 13.7. The Morgan fingerprint density at radius 3 is 3.10 bits per heavy atom. The van der Waals surface area contributed by atoms with Gasteiger partial charge in [0.2, 0.25) is 0 Å². The molecule has 0 spiro atoms. The Morgan fingerprint density at radius 1 is 1.80 bits per heavy atom. The lowest BCUT2D eigenvalue weighted by Gasteiger charge is -1.87. The maximum Gasteiger partial charge on any atom is 0.193 e. The summed E-state index contributed by atoms with van der Waals surface area (Å²) in [6, 6.07) is 0. The van der Waals surface area contributed by atoms with Crippen LogP contribution in [0.4, 0.5) is 0 Å². The minimum Gasteiger partial charge on any atom is -0.327 e. The Labute approximate surface area is 58.7 Å². The SMILES string of the molecule is Cn1ccnc1C#CC=O. The van der Waals surface area contributed by atoms with Gasteiger partial charge in [0.15, 0.2) is 12.1 Å². The van der Waals surface area contributed by atoms with Crippen LogP contribution >= 0.6 is 0 Å². The summed E-state index contributed by atoms with van der Waals surface area (Å²) < 4.78 is 1.75. The van der Waals surface area contributed by atoms with Crippen LogP contribution in [0.2, 0.25) is 0 Å². The molecule has 1 heterocycles. The van der Waals surface area contributed by atoms with Crippen LogP contribution in [0, 0.1) is 11.8 Å². The maximum absolute atomic E-state index is 9.80. The molecule has 0 aliphatic carbocycles. The molecule has 1 rings (SSSR count). The first-order valence-electron chi connectivity index (χ1n) is 2.77. The molecule has 50 valence electrons. The van der Waals surface area contributed by atoms with Gasteiger partial charge in [-0.3, -0.25) is 4.79 Å². The molecule has 0 aliphatic rings. The fourth-order valence-corrected chi connectivity index (χ4v) is 0.580. The van der Waals surface area contributed by atoms with E-state index in [-0.39, 0.29) is 0 Å². The van der Waals surface area contributed by atoms with Gasteiger partial charge >= 0.3 is 0 Å². The Balaban J connectivity index is 2.94. The lowest BCUT2D eigenvalue weighted by Crippen LogP contribution is -1.90. The normalized spacial score (nSPS) is 8.10. The van der Waals surface area contributed by atoms with Crippen molar-refractivity contribution in [2.24, 2.45) is 7.05 Å². The zero-order valence-corrected chi connectivity index (χ0v) is 5.53. The second-order valence-corrected chi connectivity index (χ2v) is 1.75. The lowest BCUT2D eigenvalue weighted by molar-refractivity contribution is -0.103. The van der Waals surface area contributed by atoms with Crippen LogP contribution < -0.4 is 0 Å². The van der Waals surface area contributed by atoms with Crippen LogP contribution in [0.25, 0.3) is 0 Å². The van der Waals surface area contributed by atoms with E-state index in [9.17, 15) is 4.79 Å². The van der Waals surface area contributed by atoms with Crippen molar-refractivity contribution in [3.63, 3.8) is 0 Å². The maximum atomic E-state index is 9.80. The highest BCUT2D eigenvalue weighted by molar-refractivity contribution is 5.73. The number of carbonyl (C=O) groups excluding carboxylic acids is 1. The van der Waals surface area contributed by atoms with Gasteiger partial charge in [0.25, 0.3) is 0 Å². The molecule has 0 fully saturated rings. The van der Waals surface area contributed by atoms with Gasteiger partial charge in [-0.15, -0.1) is 0 Å². The van der Waals surface area contributed by atoms with Gasteiger partial charge in [-0.1, -0.05) is 0 Å². The molecule has 0 atom stereocenters. The van der Waals surface area contributed by atoms with Gasteiger partial charge in [-0.05, 0) is 11.8 Å². The number of rotatable bonds is 0. The second kappa shape index (κ2) is 2.83. The Bertz CT molecular complexity index is 290. The first-order chi connectivity index (χ1) is 4.84. The zero-order valence-electron chi connectivity index (χ0n) is 5.53. The van der Waals surface area contributed by atoms with Gasteiger partial charge in [-0.2, -0.15) is 0 Å². The van der Waals surface area contributed by atoms with Crippen LogP contribution in [0.5, 0.6) is 0 Å². The van der Waals surface area contributed by atoms with E-state index in [1.54, 1.807) is 17.0 Å². The highest BCUT2D eigenvalue weighted by Gasteiger charge is 1.89. The molecule has 1 aromatic heterocycles. The van der Waals surface area contributed by atoms with Gasteiger partial charge < -0.3 is 4.57 Å². The Hall–Kier alpha value is -1.56. The number of imidazole rings is 1. The van der Waals surface area contributed by atoms with E-state index in [0.29, 0.717) is 12.1 Å². The standard InChI is InChI=1S/C7H6N2O/c1-9-5-4-8-7(9)3-2-6-10/h4-6H,1H3. The molecule has 0 bridgehead atoms. The van der Waals surface area contributed by atoms with Crippen molar-refractivity contribution in [1.82, 2.24) is 9.55 Å². The lowest BCUT2D eigenvalue weighted by atomic mass is 10.5. The van der Waals surface area contributed by atoms with Crippen molar-refractivity contribution in [3.8, 4) is 11.8 Å². The molecule has 10 heavy (non-hydrogen) atoms. The summed E-state index contributed by atoms with van der Waals surface area (Å²) in [5.74, 6) is 5.46. The summed E-state index contributed by atoms with van der Waals surface area (Å²) in [6.45, 7) is 0. The van der Waals surface area contributed by atoms with E-state index in [0.717, 1.165) is 0 Å². The summed E-state index contributed by atoms with van der Waals surface area (Å²) in [7, 11) is 1.82. The number of nitrogens with zero attached hydrogens (tertiary/aromatic N) is 2. The molecule has 0 radical (unpaired) electrons. The quantitative estimate of drug-likeness (QED) is 0.369. The molecule has 0 aromatic carbocycles. The number of hydrogen-bond donors (Lipinski definition) is 0. The van der Waals surface area contributed by atoms with Gasteiger partial charge in [0.05, 0.1) is 0 Å². The average Bonchev–Trinajstić information content (AvgIpc) is 2.31. The van der Waals surface area contributed by atoms with Crippen molar-refractivity contribution < 1.29 is 4.79 Å². The molecule has 0 N–H and O–H groups in total. The number of hydrogen-bond acceptors (Lipinski definition) is 2. The fraction of sp³-hybridized carbons (Fsp3) is 0.143. The summed E-state index contributed by atoms with van der Waals surface area (Å²) in [5, 5.41) is 0. The minimum atomic E-state index is 0.550. The average molecular weight is 134 g/mol. The molecular weight excluding hydrogens is 128 g/mol. The number of aryl methyl sites for hydroxylation is 1. The summed E-state index contributed by atoms with van der Waals surface area (Å²) in [6.07, 6.45) is 3.96. The Kier molecular flexibility index (Phi) is 1.86. The number of carbonyl (C=O) groups is 1. The third-order valence-electron chi connectivity index (χ3n) is 1.06. The van der Waals surface area contributed by atoms with E-state index in [1.165, 1.54) is 0 Å². The van der Waals surface area contributed by atoms with E-state index >= 15 is 0 Å². The van der Waals surface area contributed by atoms with Crippen molar-refractivity contribution in [3.05, 3.63) is 18.2 Å². The monoisotopic (exact) mass is 134 g/mol. The first kappa shape index (κ1) is 6.56. The van der Waals surface area contributed by atoms with Gasteiger partial charge in [-0.25, -0.2) is 4.98 Å². The van der Waals surface area contributed by atoms with Gasteiger partial charge in [0.1, 0.15) is 0 Å². The predicted molar refractivity (Wildman–Crippen MR) is 36.1 cm³/mol. The third kappa shape index (κ3) is 1.23. The van der Waals surface area contributed by atoms with Crippen LogP contribution in [-0.2, 0) is 11.8 Å². The van der Waals surface area contributed by atoms with Crippen LogP contribution in [0.15, 0.2) is 12.4 Å². The molecule has 3 heteroatoms. The second-order valence-electron chi connectivity index (χ2n) is 1.75. The van der Waals surface area contributed by atoms with Crippen molar-refractivity contribution in [2.75, 3.05) is 0 Å². The van der Waals surface area contributed by atoms with E-state index in [4.69, 9.17) is 0 Å². The van der Waals surface area contributed by atoms with Crippen molar-refractivity contribution >= 4 is 6.29 Å². The molecule has 0 aliphatic heterocycles. The molecule has 0 saturated heterocycles. The number of aldehydes is 1. The smallest absolute Gasteiger partial charge is 0.193 e. The molecule has 1 aromatic rings. The molecule has 3 nitrogen and oxygen atoms in total. The highest BCUT2D eigenvalue weighted by Crippen LogP contribution is 1.88. The third-order valence-corrected chi connectivity index (χ3v) is 1.06. The Morgan fingerprint density at radius 2 is 2.60 bits per heavy atom. The summed E-state index contributed by atoms with van der Waals surface area (Å²) in [5.41, 5.74) is 0. The molecule has 0 saturated carbocycles. The topological polar surface area (TPSA) is 34.9 Å². The van der Waals surface area contributed by atoms with Gasteiger partial charge in [0, 0.05) is 19.4 Å². The van der Waals surface area contributed by atoms with Crippen LogP contribution in [0.3, 0.4) is 0 Å². The van der Waals surface area contributed by atoms with E-state index in [1.807, 2.05) is 7.05 Å². The van der Waals surface area contributed by atoms with Crippen molar-refractivity contribution in [1.29, 1.82) is 0 Å². The minimum absolute atomic E-state index is 0.550. The van der Waals surface area contributed by atoms with Crippen LogP contribution in [-0.4, -0.2) is 15.8 Å². The largest absolute Gasteiger partial charge is 0.327 e. The predicted octanol–water partition coefficient (Wildman–Crippen LogP) is -0.0295. The van der Waals surface area contributed by atoms with E-state index in [2.05, 4.69) is 16.8 Å². The molecule has 0 amide bonds. The molecule has 0 unspecified atom stereocenters. The van der Waals surface area contributed by atoms with Crippen LogP contribution in [0.1, 0.15) is 5.82 Å². The summed E-state index contributed by atoms with van der Waals surface area (Å²) >= 11 is 0. The van der Waals surface area contributed by atoms with Crippen molar-refractivity contribution in [2.45, 2.75) is 0 Å². The van der Waals surface area contributed by atoms with E-state index < -0.39 is 0 Å². The number of aromatic nitrogens is 2. The first-order valence-corrected chi connectivity index (χ1v) is 2.77. The highest BCUT2D eigenvalue weighted by atomic mass is 16.1. The molecular formula is C7H6N2O.